The van der Waals surface area contributed by atoms with Crippen LogP contribution in [-0.2, 0) is 19.2 Å². The van der Waals surface area contributed by atoms with Crippen LogP contribution in [0.5, 0.6) is 5.75 Å². The molecule has 0 radical (unpaired) electrons. The summed E-state index contributed by atoms with van der Waals surface area (Å²) in [6, 6.07) is 17.7. The maximum atomic E-state index is 15.3. The SMILES string of the molecule is O=C1C2CC=C3C(CC4(Cl)C(=O)N(c5c(F)c(F)c(F)c(F)c5F)C(=O)C4(Cl)C3c3ccc4ccccc4c3O)C2C(=O)N1c1ccccc1. The van der Waals surface area contributed by atoms with E-state index >= 15 is 8.78 Å². The molecule has 2 saturated heterocycles. The number of benzene rings is 4. The van der Waals surface area contributed by atoms with Crippen molar-refractivity contribution in [3.05, 3.63) is 113 Å². The lowest BCUT2D eigenvalue weighted by Gasteiger charge is -2.50. The van der Waals surface area contributed by atoms with Crippen LogP contribution in [0.2, 0.25) is 0 Å². The normalized spacial score (nSPS) is 29.0. The number of para-hydroxylation sites is 1. The van der Waals surface area contributed by atoms with E-state index in [9.17, 15) is 37.5 Å². The Balaban J connectivity index is 1.36. The van der Waals surface area contributed by atoms with E-state index in [1.807, 2.05) is 0 Å². The smallest absolute Gasteiger partial charge is 0.258 e. The first-order valence-electron chi connectivity index (χ1n) is 15.4. The monoisotopic (exact) mass is 726 g/mol. The second-order valence-corrected chi connectivity index (χ2v) is 14.0. The minimum absolute atomic E-state index is 0.0268. The number of fused-ring (bicyclic) bond motifs is 5. The molecule has 14 heteroatoms. The van der Waals surface area contributed by atoms with Crippen molar-refractivity contribution in [1.82, 2.24) is 0 Å². The van der Waals surface area contributed by atoms with Gasteiger partial charge in [0.05, 0.1) is 17.5 Å². The van der Waals surface area contributed by atoms with Crippen molar-refractivity contribution in [2.75, 3.05) is 9.80 Å². The highest BCUT2D eigenvalue weighted by atomic mass is 35.5. The number of hydrogen-bond donors (Lipinski definition) is 1. The number of allylic oxidation sites excluding steroid dienone is 2. The Hall–Kier alpha value is -4.81. The van der Waals surface area contributed by atoms with Gasteiger partial charge >= 0.3 is 0 Å². The van der Waals surface area contributed by atoms with Crippen LogP contribution in [0.3, 0.4) is 0 Å². The molecule has 2 aliphatic carbocycles. The number of hydrogen-bond acceptors (Lipinski definition) is 5. The number of nitrogens with zero attached hydrogens (tertiary/aromatic N) is 2. The predicted molar refractivity (Wildman–Crippen MR) is 171 cm³/mol. The fourth-order valence-electron chi connectivity index (χ4n) is 8.25. The maximum absolute atomic E-state index is 15.3. The summed E-state index contributed by atoms with van der Waals surface area (Å²) in [6.45, 7) is 0. The van der Waals surface area contributed by atoms with Gasteiger partial charge in [-0.15, -0.1) is 23.2 Å². The molecule has 6 unspecified atom stereocenters. The Kier molecular flexibility index (Phi) is 7.03. The molecular formula is C36H21Cl2F5N2O5. The third kappa shape index (κ3) is 3.91. The number of anilines is 2. The van der Waals surface area contributed by atoms with Crippen molar-refractivity contribution in [2.45, 2.75) is 28.5 Å². The standard InChI is InChI=1S/C36H21Cl2F5N2O5/c37-35-14-21-18(12-13-19-22(21)32(48)44(31(19)47)16-7-2-1-3-8-16)23(20-11-10-15-6-4-5-9-17(15)30(20)46)36(35,38)34(50)45(33(35)49)29-27(42)25(40)24(39)26(41)28(29)43/h1-12,19,21-23,46H,13-14H2. The van der Waals surface area contributed by atoms with Gasteiger partial charge in [0.25, 0.3) is 11.8 Å². The van der Waals surface area contributed by atoms with E-state index in [2.05, 4.69) is 0 Å². The highest BCUT2D eigenvalue weighted by molar-refractivity contribution is 6.58. The third-order valence-corrected chi connectivity index (χ3v) is 11.9. The summed E-state index contributed by atoms with van der Waals surface area (Å²) in [5.74, 6) is -21.9. The van der Waals surface area contributed by atoms with Gasteiger partial charge in [0.1, 0.15) is 11.4 Å². The Bertz CT molecular complexity index is 2240. The predicted octanol–water partition coefficient (Wildman–Crippen LogP) is 7.01. The van der Waals surface area contributed by atoms with Gasteiger partial charge in [-0.2, -0.15) is 0 Å². The van der Waals surface area contributed by atoms with Gasteiger partial charge < -0.3 is 5.11 Å². The van der Waals surface area contributed by atoms with E-state index in [0.717, 1.165) is 4.90 Å². The molecule has 0 spiro atoms. The molecule has 4 aliphatic rings. The summed E-state index contributed by atoms with van der Waals surface area (Å²) in [6.07, 6.45) is 0.902. The highest BCUT2D eigenvalue weighted by Crippen LogP contribution is 2.67. The molecule has 8 rings (SSSR count). The van der Waals surface area contributed by atoms with Gasteiger partial charge in [0.15, 0.2) is 33.0 Å². The lowest BCUT2D eigenvalue weighted by atomic mass is 9.56. The van der Waals surface area contributed by atoms with E-state index in [0.29, 0.717) is 5.39 Å². The summed E-state index contributed by atoms with van der Waals surface area (Å²) in [7, 11) is 0. The summed E-state index contributed by atoms with van der Waals surface area (Å²) in [5, 5.41) is 12.5. The summed E-state index contributed by atoms with van der Waals surface area (Å²) in [4.78, 5) is 52.1. The topological polar surface area (TPSA) is 95.0 Å². The van der Waals surface area contributed by atoms with Crippen molar-refractivity contribution in [3.8, 4) is 5.75 Å². The summed E-state index contributed by atoms with van der Waals surface area (Å²) >= 11 is 14.3. The van der Waals surface area contributed by atoms with Gasteiger partial charge in [0, 0.05) is 16.9 Å². The van der Waals surface area contributed by atoms with Gasteiger partial charge in [-0.3, -0.25) is 24.1 Å². The van der Waals surface area contributed by atoms with Gasteiger partial charge in [0.2, 0.25) is 17.6 Å². The Morgan fingerprint density at radius 3 is 2.00 bits per heavy atom. The minimum atomic E-state index is -2.74. The Labute approximate surface area is 289 Å². The zero-order chi connectivity index (χ0) is 35.6. The fourth-order valence-corrected chi connectivity index (χ4v) is 9.18. The van der Waals surface area contributed by atoms with E-state index in [1.165, 1.54) is 6.07 Å². The van der Waals surface area contributed by atoms with E-state index in [4.69, 9.17) is 23.2 Å². The number of aromatic hydroxyl groups is 1. The third-order valence-electron chi connectivity index (χ3n) is 10.5. The lowest BCUT2D eigenvalue weighted by molar-refractivity contribution is -0.125. The van der Waals surface area contributed by atoms with Crippen molar-refractivity contribution >= 4 is 69.0 Å². The summed E-state index contributed by atoms with van der Waals surface area (Å²) in [5.41, 5.74) is -1.41. The average molecular weight is 727 g/mol. The number of carbonyl (C=O) groups excluding carboxylic acids is 4. The van der Waals surface area contributed by atoms with Gasteiger partial charge in [-0.1, -0.05) is 66.2 Å². The van der Waals surface area contributed by atoms with Crippen molar-refractivity contribution in [1.29, 1.82) is 0 Å². The number of phenols is 1. The van der Waals surface area contributed by atoms with Crippen molar-refractivity contribution < 1.29 is 46.2 Å². The number of halogens is 7. The van der Waals surface area contributed by atoms with Crippen LogP contribution in [0.25, 0.3) is 10.8 Å². The quantitative estimate of drug-likeness (QED) is 0.0613. The van der Waals surface area contributed by atoms with Crippen LogP contribution < -0.4 is 9.80 Å². The number of alkyl halides is 2. The molecule has 1 N–H and O–H groups in total. The molecule has 2 heterocycles. The number of phenolic OH excluding ortho intramolecular Hbond substituents is 1. The van der Waals surface area contributed by atoms with Gasteiger partial charge in [-0.25, -0.2) is 26.9 Å². The molecule has 4 amide bonds. The first-order chi connectivity index (χ1) is 23.8. The number of imide groups is 2. The fraction of sp³-hybridized carbons (Fsp3) is 0.222. The van der Waals surface area contributed by atoms with E-state index in [-0.39, 0.29) is 33.5 Å². The number of rotatable bonds is 3. The molecule has 254 valence electrons. The minimum Gasteiger partial charge on any atom is -0.507 e. The molecule has 3 fully saturated rings. The van der Waals surface area contributed by atoms with Gasteiger partial charge in [-0.05, 0) is 36.3 Å². The van der Waals surface area contributed by atoms with E-state index in [1.54, 1.807) is 66.7 Å². The zero-order valence-electron chi connectivity index (χ0n) is 25.3. The zero-order valence-corrected chi connectivity index (χ0v) is 26.8. The number of carbonyl (C=O) groups is 4. The molecule has 0 bridgehead atoms. The molecule has 4 aromatic rings. The molecule has 2 aliphatic heterocycles. The molecule has 50 heavy (non-hydrogen) atoms. The molecule has 4 aromatic carbocycles. The van der Waals surface area contributed by atoms with Crippen LogP contribution in [-0.4, -0.2) is 38.5 Å². The summed E-state index contributed by atoms with van der Waals surface area (Å²) < 4.78 is 73.5. The molecule has 6 atom stereocenters. The van der Waals surface area contributed by atoms with Crippen LogP contribution >= 0.6 is 23.2 Å². The lowest BCUT2D eigenvalue weighted by Crippen LogP contribution is -2.60. The Morgan fingerprint density at radius 1 is 0.700 bits per heavy atom. The molecular weight excluding hydrogens is 706 g/mol. The van der Waals surface area contributed by atoms with Crippen LogP contribution in [0.15, 0.2) is 78.4 Å². The maximum Gasteiger partial charge on any atom is 0.258 e. The largest absolute Gasteiger partial charge is 0.507 e. The highest BCUT2D eigenvalue weighted by Gasteiger charge is 2.77. The number of amides is 4. The van der Waals surface area contributed by atoms with Crippen molar-refractivity contribution in [3.63, 3.8) is 0 Å². The molecule has 7 nitrogen and oxygen atoms in total. The van der Waals surface area contributed by atoms with E-state index < -0.39 is 104 Å². The average Bonchev–Trinajstić information content (AvgIpc) is 3.45. The molecule has 1 saturated carbocycles. The van der Waals surface area contributed by atoms with Crippen LogP contribution in [0.4, 0.5) is 33.3 Å². The van der Waals surface area contributed by atoms with Crippen LogP contribution in [0.1, 0.15) is 24.3 Å². The second kappa shape index (κ2) is 10.8. The first-order valence-corrected chi connectivity index (χ1v) is 16.1. The molecule has 0 aromatic heterocycles. The van der Waals surface area contributed by atoms with Crippen molar-refractivity contribution in [2.24, 2.45) is 17.8 Å². The van der Waals surface area contributed by atoms with Crippen LogP contribution in [0, 0.1) is 46.8 Å². The second-order valence-electron chi connectivity index (χ2n) is 12.8. The first kappa shape index (κ1) is 32.4. The Morgan fingerprint density at radius 2 is 1.32 bits per heavy atom.